The summed E-state index contributed by atoms with van der Waals surface area (Å²) in [5.74, 6) is 0.0949. The molecule has 1 aromatic heterocycles. The van der Waals surface area contributed by atoms with E-state index in [9.17, 15) is 4.79 Å². The molecule has 0 unspecified atom stereocenters. The second-order valence-electron chi connectivity index (χ2n) is 5.88. The Kier molecular flexibility index (Phi) is 7.49. The van der Waals surface area contributed by atoms with Crippen molar-refractivity contribution < 1.29 is 26.3 Å². The minimum absolute atomic E-state index is 0. The van der Waals surface area contributed by atoms with Crippen LogP contribution >= 0.6 is 15.9 Å². The molecular weight excluding hydrogens is 454 g/mol. The molecule has 0 bridgehead atoms. The highest BCUT2D eigenvalue weighted by atomic mass is 79.9. The molecule has 1 heterocycles. The normalized spacial score (nSPS) is 10.5. The molecule has 0 amide bonds. The van der Waals surface area contributed by atoms with Gasteiger partial charge in [0.05, 0.1) is 0 Å². The lowest BCUT2D eigenvalue weighted by atomic mass is 10.1. The Hall–Kier alpha value is -2.04. The average molecular weight is 473 g/mol. The summed E-state index contributed by atoms with van der Waals surface area (Å²) < 4.78 is 2.97. The van der Waals surface area contributed by atoms with Crippen molar-refractivity contribution in [3.63, 3.8) is 0 Å². The summed E-state index contributed by atoms with van der Waals surface area (Å²) in [5.41, 5.74) is 4.03. The van der Waals surface area contributed by atoms with Crippen LogP contribution in [0.4, 0.5) is 0 Å². The van der Waals surface area contributed by atoms with E-state index in [-0.39, 0.29) is 22.8 Å². The van der Waals surface area contributed by atoms with Gasteiger partial charge in [-0.1, -0.05) is 58.4 Å². The Labute approximate surface area is 173 Å². The van der Waals surface area contributed by atoms with Gasteiger partial charge in [0.15, 0.2) is 6.20 Å². The highest BCUT2D eigenvalue weighted by molar-refractivity contribution is 9.10. The molecule has 0 radical (unpaired) electrons. The maximum Gasteiger partial charge on any atom is 0.227 e. The van der Waals surface area contributed by atoms with Crippen molar-refractivity contribution in [2.24, 2.45) is 0 Å². The van der Waals surface area contributed by atoms with Crippen LogP contribution in [0.2, 0.25) is 0 Å². The molecule has 2 nitrogen and oxygen atoms in total. The SMILES string of the molecule is Cc1ccc[n+](CC(=O)c2ccc(Br)cc2)c1/C=C/c1ccccc1.[Br-]. The first kappa shape index (κ1) is 20.3. The number of hydrogen-bond acceptors (Lipinski definition) is 1. The van der Waals surface area contributed by atoms with E-state index < -0.39 is 0 Å². The molecule has 0 N–H and O–H groups in total. The molecule has 0 atom stereocenters. The van der Waals surface area contributed by atoms with Crippen molar-refractivity contribution in [1.82, 2.24) is 0 Å². The van der Waals surface area contributed by atoms with Gasteiger partial charge in [-0.25, -0.2) is 0 Å². The summed E-state index contributed by atoms with van der Waals surface area (Å²) in [6.45, 7) is 2.38. The maximum absolute atomic E-state index is 12.6. The van der Waals surface area contributed by atoms with E-state index >= 15 is 0 Å². The smallest absolute Gasteiger partial charge is 0.227 e. The Morgan fingerprint density at radius 3 is 2.35 bits per heavy atom. The monoisotopic (exact) mass is 471 g/mol. The average Bonchev–Trinajstić information content (AvgIpc) is 2.62. The van der Waals surface area contributed by atoms with Crippen LogP contribution in [0.3, 0.4) is 0 Å². The van der Waals surface area contributed by atoms with Gasteiger partial charge < -0.3 is 17.0 Å². The number of pyridine rings is 1. The van der Waals surface area contributed by atoms with Crippen molar-refractivity contribution in [3.8, 4) is 0 Å². The third-order valence-corrected chi connectivity index (χ3v) is 4.57. The Balaban J connectivity index is 0.00000243. The van der Waals surface area contributed by atoms with Crippen molar-refractivity contribution in [1.29, 1.82) is 0 Å². The molecule has 2 aromatic carbocycles. The minimum Gasteiger partial charge on any atom is -1.00 e. The zero-order chi connectivity index (χ0) is 17.6. The van der Waals surface area contributed by atoms with Crippen molar-refractivity contribution in [3.05, 3.63) is 99.8 Å². The van der Waals surface area contributed by atoms with E-state index in [0.29, 0.717) is 6.54 Å². The molecule has 0 aliphatic heterocycles. The summed E-state index contributed by atoms with van der Waals surface area (Å²) >= 11 is 3.40. The van der Waals surface area contributed by atoms with Gasteiger partial charge in [0, 0.05) is 27.7 Å². The van der Waals surface area contributed by atoms with E-state index in [0.717, 1.165) is 26.9 Å². The fourth-order valence-electron chi connectivity index (χ4n) is 2.67. The fraction of sp³-hybridized carbons (Fsp3) is 0.0909. The molecule has 3 rings (SSSR count). The predicted molar refractivity (Wildman–Crippen MR) is 105 cm³/mol. The van der Waals surface area contributed by atoms with Crippen LogP contribution in [0.15, 0.2) is 77.4 Å². The molecular formula is C22H19Br2NO. The summed E-state index contributed by atoms with van der Waals surface area (Å²) in [6, 6.07) is 21.7. The number of ketones is 1. The number of halogens is 2. The number of carbonyl (C=O) groups is 1. The number of rotatable bonds is 5. The molecule has 0 aliphatic carbocycles. The summed E-state index contributed by atoms with van der Waals surface area (Å²) in [7, 11) is 0. The highest BCUT2D eigenvalue weighted by Crippen LogP contribution is 2.12. The van der Waals surface area contributed by atoms with E-state index in [1.54, 1.807) is 0 Å². The van der Waals surface area contributed by atoms with Gasteiger partial charge in [-0.15, -0.1) is 0 Å². The van der Waals surface area contributed by atoms with Crippen molar-refractivity contribution >= 4 is 33.9 Å². The number of aryl methyl sites for hydroxylation is 1. The van der Waals surface area contributed by atoms with Crippen LogP contribution < -0.4 is 21.5 Å². The van der Waals surface area contributed by atoms with E-state index in [2.05, 4.69) is 53.2 Å². The lowest BCUT2D eigenvalue weighted by molar-refractivity contribution is -0.685. The Morgan fingerprint density at radius 2 is 1.65 bits per heavy atom. The van der Waals surface area contributed by atoms with Crippen LogP contribution in [0.5, 0.6) is 0 Å². The molecule has 132 valence electrons. The molecule has 0 saturated carbocycles. The third-order valence-electron chi connectivity index (χ3n) is 4.04. The van der Waals surface area contributed by atoms with Gasteiger partial charge in [-0.05, 0) is 36.8 Å². The van der Waals surface area contributed by atoms with Crippen LogP contribution in [0, 0.1) is 6.92 Å². The topological polar surface area (TPSA) is 20.9 Å². The Bertz CT molecular complexity index is 903. The highest BCUT2D eigenvalue weighted by Gasteiger charge is 2.16. The first-order valence-corrected chi connectivity index (χ1v) is 8.94. The van der Waals surface area contributed by atoms with E-state index in [1.165, 1.54) is 0 Å². The molecule has 0 spiro atoms. The molecule has 3 aromatic rings. The molecule has 0 fully saturated rings. The molecule has 0 saturated heterocycles. The van der Waals surface area contributed by atoms with Gasteiger partial charge in [-0.2, -0.15) is 4.57 Å². The van der Waals surface area contributed by atoms with Crippen molar-refractivity contribution in [2.45, 2.75) is 13.5 Å². The van der Waals surface area contributed by atoms with Gasteiger partial charge in [0.25, 0.3) is 0 Å². The largest absolute Gasteiger partial charge is 1.00 e. The van der Waals surface area contributed by atoms with Gasteiger partial charge in [0.1, 0.15) is 0 Å². The first-order valence-electron chi connectivity index (χ1n) is 8.14. The zero-order valence-corrected chi connectivity index (χ0v) is 17.6. The molecule has 0 aliphatic rings. The zero-order valence-electron chi connectivity index (χ0n) is 14.4. The first-order chi connectivity index (χ1) is 12.1. The lowest BCUT2D eigenvalue weighted by Crippen LogP contribution is -3.00. The minimum atomic E-state index is 0. The maximum atomic E-state index is 12.6. The van der Waals surface area contributed by atoms with Gasteiger partial charge in [-0.3, -0.25) is 4.79 Å². The molecule has 4 heteroatoms. The number of Topliss-reactive ketones (excluding diaryl/α,β-unsaturated/α-hetero) is 1. The summed E-state index contributed by atoms with van der Waals surface area (Å²) in [5, 5.41) is 0. The second kappa shape index (κ2) is 9.60. The van der Waals surface area contributed by atoms with Crippen LogP contribution in [0.1, 0.15) is 27.2 Å². The van der Waals surface area contributed by atoms with E-state index in [4.69, 9.17) is 0 Å². The summed E-state index contributed by atoms with van der Waals surface area (Å²) in [6.07, 6.45) is 6.09. The number of hydrogen-bond donors (Lipinski definition) is 0. The van der Waals surface area contributed by atoms with Gasteiger partial charge in [0.2, 0.25) is 18.0 Å². The Morgan fingerprint density at radius 1 is 0.962 bits per heavy atom. The van der Waals surface area contributed by atoms with E-state index in [1.807, 2.05) is 59.3 Å². The van der Waals surface area contributed by atoms with Crippen LogP contribution in [-0.4, -0.2) is 5.78 Å². The fourth-order valence-corrected chi connectivity index (χ4v) is 2.93. The predicted octanol–water partition coefficient (Wildman–Crippen LogP) is 2.10. The lowest BCUT2D eigenvalue weighted by Gasteiger charge is -2.04. The molecule has 26 heavy (non-hydrogen) atoms. The van der Waals surface area contributed by atoms with Crippen LogP contribution in [-0.2, 0) is 6.54 Å². The van der Waals surface area contributed by atoms with Crippen molar-refractivity contribution in [2.75, 3.05) is 0 Å². The summed E-state index contributed by atoms with van der Waals surface area (Å²) in [4.78, 5) is 12.6. The van der Waals surface area contributed by atoms with Crippen LogP contribution in [0.25, 0.3) is 12.2 Å². The van der Waals surface area contributed by atoms with Gasteiger partial charge >= 0.3 is 0 Å². The number of carbonyl (C=O) groups excluding carboxylic acids is 1. The second-order valence-corrected chi connectivity index (χ2v) is 6.79. The quantitative estimate of drug-likeness (QED) is 0.411. The standard InChI is InChI=1S/C22H19BrNO.BrH/c1-17-6-5-15-24(16-22(25)19-10-12-20(23)13-11-19)21(17)14-9-18-7-3-2-4-8-18;/h2-15H,16H2,1H3;1H/q+1;/p-1/b14-9+;. The number of benzene rings is 2. The third kappa shape index (κ3) is 5.23. The number of aromatic nitrogens is 1. The number of nitrogens with zero attached hydrogens (tertiary/aromatic N) is 1.